The molecule has 0 bridgehead atoms. The third-order valence-corrected chi connectivity index (χ3v) is 8.13. The summed E-state index contributed by atoms with van der Waals surface area (Å²) in [6, 6.07) is 4.24. The molecule has 1 unspecified atom stereocenters. The number of anilines is 1. The largest absolute Gasteiger partial charge is 0.322 e. The molecule has 0 spiro atoms. The third-order valence-electron chi connectivity index (χ3n) is 4.17. The van der Waals surface area contributed by atoms with E-state index in [1.54, 1.807) is 0 Å². The first kappa shape index (κ1) is 20.2. The van der Waals surface area contributed by atoms with Crippen molar-refractivity contribution in [3.63, 3.8) is 0 Å². The van der Waals surface area contributed by atoms with Crippen LogP contribution in [-0.4, -0.2) is 31.1 Å². The first-order valence-electron chi connectivity index (χ1n) is 6.90. The first-order chi connectivity index (χ1) is 8.69. The molecule has 1 atom stereocenters. The van der Waals surface area contributed by atoms with Gasteiger partial charge in [0.25, 0.3) is 5.91 Å². The molecule has 1 amide bonds. The van der Waals surface area contributed by atoms with E-state index in [1.807, 2.05) is 0 Å². The topological polar surface area (TPSA) is 29.1 Å². The van der Waals surface area contributed by atoms with Crippen LogP contribution < -0.4 is 5.32 Å². The smallest absolute Gasteiger partial charge is 0.264 e. The van der Waals surface area contributed by atoms with Gasteiger partial charge in [-0.2, -0.15) is 0 Å². The van der Waals surface area contributed by atoms with E-state index in [-0.39, 0.29) is 44.3 Å². The molecule has 1 aromatic rings. The number of carbonyl (C=O) groups is 1. The van der Waals surface area contributed by atoms with Gasteiger partial charge in [-0.25, -0.2) is 0 Å². The minimum absolute atomic E-state index is 0. The molecule has 20 heavy (non-hydrogen) atoms. The Morgan fingerprint density at radius 1 is 1.20 bits per heavy atom. The minimum Gasteiger partial charge on any atom is -0.322 e. The Bertz CT molecular complexity index is 462. The fourth-order valence-corrected chi connectivity index (χ4v) is 3.44. The molecule has 1 aromatic carbocycles. The molecule has 0 fully saturated rings. The molecular weight excluding hydrogens is 342 g/mol. The zero-order valence-electron chi connectivity index (χ0n) is 13.9. The van der Waals surface area contributed by atoms with E-state index in [2.05, 4.69) is 65.4 Å². The number of hydrogen-bond acceptors (Lipinski definition) is 1. The maximum Gasteiger partial charge on any atom is 0.264 e. The molecule has 1 radical (unpaired) electrons. The second-order valence-corrected chi connectivity index (χ2v) is 11.0. The van der Waals surface area contributed by atoms with Gasteiger partial charge in [0.1, 0.15) is 5.66 Å². The normalized spacial score (nSPS) is 12.6. The van der Waals surface area contributed by atoms with Gasteiger partial charge >= 0.3 is 0 Å². The van der Waals surface area contributed by atoms with Gasteiger partial charge in [0.15, 0.2) is 0 Å². The molecule has 0 saturated carbocycles. The fraction of sp³-hybridized carbons (Fsp3) is 0.562. The molecule has 4 heteroatoms. The van der Waals surface area contributed by atoms with Crippen molar-refractivity contribution in [1.82, 2.24) is 0 Å². The molecule has 1 N–H and O–H groups in total. The van der Waals surface area contributed by atoms with E-state index >= 15 is 0 Å². The zero-order chi connectivity index (χ0) is 14.8. The number of nitrogens with one attached hydrogen (secondary N) is 1. The van der Waals surface area contributed by atoms with Gasteiger partial charge < -0.3 is 5.32 Å². The summed E-state index contributed by atoms with van der Waals surface area (Å²) in [5, 5.41) is 3.13. The molecule has 0 heterocycles. The summed E-state index contributed by atoms with van der Waals surface area (Å²) >= 11 is 0. The number of benzene rings is 1. The molecule has 0 aliphatic heterocycles. The molecule has 1 rings (SSSR count). The van der Waals surface area contributed by atoms with Gasteiger partial charge in [-0.05, 0) is 45.7 Å². The summed E-state index contributed by atoms with van der Waals surface area (Å²) in [5.41, 5.74) is 4.62. The fourth-order valence-electron chi connectivity index (χ4n) is 2.20. The average Bonchev–Trinajstić information content (AvgIpc) is 2.32. The summed E-state index contributed by atoms with van der Waals surface area (Å²) in [6.45, 7) is 14.9. The monoisotopic (exact) mass is 369 g/mol. The van der Waals surface area contributed by atoms with Crippen LogP contribution in [0.3, 0.4) is 0 Å². The van der Waals surface area contributed by atoms with Crippen LogP contribution in [-0.2, 0) is 37.5 Å². The van der Waals surface area contributed by atoms with Crippen LogP contribution in [0, 0.1) is 20.8 Å². The molecule has 2 nitrogen and oxygen atoms in total. The first-order valence-corrected chi connectivity index (χ1v) is 9.84. The molecule has 0 aliphatic rings. The van der Waals surface area contributed by atoms with Gasteiger partial charge in [-0.3, -0.25) is 4.79 Å². The Kier molecular flexibility index (Phi) is 8.10. The van der Waals surface area contributed by atoms with E-state index < -0.39 is 7.26 Å². The van der Waals surface area contributed by atoms with Crippen LogP contribution in [0.25, 0.3) is 0 Å². The van der Waals surface area contributed by atoms with Crippen molar-refractivity contribution < 1.29 is 37.5 Å². The van der Waals surface area contributed by atoms with E-state index in [1.165, 1.54) is 5.56 Å². The van der Waals surface area contributed by atoms with Crippen LogP contribution >= 0.6 is 7.26 Å². The Hall–Kier alpha value is 0.224. The molecule has 0 aliphatic carbocycles. The van der Waals surface area contributed by atoms with Crippen molar-refractivity contribution >= 4 is 18.9 Å². The average molecular weight is 369 g/mol. The SMILES string of the molecule is CC[P+](C)(C)C(C)C(=O)Nc1c(C)cc(C)cc1C.[Y]. The van der Waals surface area contributed by atoms with Crippen molar-refractivity contribution in [3.05, 3.63) is 28.8 Å². The summed E-state index contributed by atoms with van der Waals surface area (Å²) in [4.78, 5) is 12.4. The van der Waals surface area contributed by atoms with Crippen LogP contribution in [0.15, 0.2) is 12.1 Å². The molecular formula is C16H27NOPY+. The van der Waals surface area contributed by atoms with E-state index in [0.29, 0.717) is 0 Å². The molecule has 109 valence electrons. The summed E-state index contributed by atoms with van der Waals surface area (Å²) in [6.07, 6.45) is 1.10. The number of carbonyl (C=O) groups excluding carboxylic acids is 1. The van der Waals surface area contributed by atoms with Crippen LogP contribution in [0.5, 0.6) is 0 Å². The van der Waals surface area contributed by atoms with Gasteiger partial charge in [-0.15, -0.1) is 0 Å². The second-order valence-electron chi connectivity index (χ2n) is 6.03. The predicted molar refractivity (Wildman–Crippen MR) is 88.1 cm³/mol. The number of rotatable bonds is 4. The number of aryl methyl sites for hydroxylation is 3. The summed E-state index contributed by atoms with van der Waals surface area (Å²) < 4.78 is 0. The van der Waals surface area contributed by atoms with E-state index in [9.17, 15) is 4.79 Å². The number of amides is 1. The van der Waals surface area contributed by atoms with Gasteiger partial charge in [0.05, 0.1) is 6.16 Å². The quantitative estimate of drug-likeness (QED) is 0.791. The summed E-state index contributed by atoms with van der Waals surface area (Å²) in [5.74, 6) is 0.162. The van der Waals surface area contributed by atoms with Crippen molar-refractivity contribution in [3.8, 4) is 0 Å². The van der Waals surface area contributed by atoms with Crippen LogP contribution in [0.4, 0.5) is 5.69 Å². The summed E-state index contributed by atoms with van der Waals surface area (Å²) in [7, 11) is -1.16. The van der Waals surface area contributed by atoms with Crippen molar-refractivity contribution in [2.45, 2.75) is 40.3 Å². The third kappa shape index (κ3) is 4.90. The maximum atomic E-state index is 12.4. The van der Waals surface area contributed by atoms with Crippen LogP contribution in [0.1, 0.15) is 30.5 Å². The van der Waals surface area contributed by atoms with E-state index in [4.69, 9.17) is 0 Å². The molecule has 0 aromatic heterocycles. The Balaban J connectivity index is 0.00000361. The van der Waals surface area contributed by atoms with Gasteiger partial charge in [0.2, 0.25) is 0 Å². The van der Waals surface area contributed by atoms with Gasteiger partial charge in [0, 0.05) is 59.0 Å². The Labute approximate surface area is 149 Å². The maximum absolute atomic E-state index is 12.4. The van der Waals surface area contributed by atoms with Crippen LogP contribution in [0.2, 0.25) is 0 Å². The Morgan fingerprint density at radius 3 is 2.05 bits per heavy atom. The predicted octanol–water partition coefficient (Wildman–Crippen LogP) is 4.23. The second kappa shape index (κ2) is 8.01. The number of hydrogen-bond donors (Lipinski definition) is 1. The standard InChI is InChI=1S/C16H26NOP.Y/c1-8-19(6,7)14(5)16(18)17-15-12(3)9-11(2)10-13(15)4;/h9-10,14H,8H2,1-7H3;/p+1. The zero-order valence-corrected chi connectivity index (χ0v) is 17.6. The van der Waals surface area contributed by atoms with Gasteiger partial charge in [-0.1, -0.05) is 17.7 Å². The molecule has 0 saturated heterocycles. The Morgan fingerprint density at radius 2 is 1.65 bits per heavy atom. The van der Waals surface area contributed by atoms with Crippen molar-refractivity contribution in [2.24, 2.45) is 0 Å². The van der Waals surface area contributed by atoms with E-state index in [0.717, 1.165) is 23.0 Å². The van der Waals surface area contributed by atoms with Crippen molar-refractivity contribution in [2.75, 3.05) is 24.8 Å². The minimum atomic E-state index is -1.16. The van der Waals surface area contributed by atoms with Crippen molar-refractivity contribution in [1.29, 1.82) is 0 Å².